The third-order valence-electron chi connectivity index (χ3n) is 5.52. The van der Waals surface area contributed by atoms with Gasteiger partial charge in [-0.25, -0.2) is 0 Å². The third-order valence-corrected chi connectivity index (χ3v) is 11.4. The largest absolute Gasteiger partial charge is 0.497 e. The lowest BCUT2D eigenvalue weighted by Crippen LogP contribution is -2.29. The average molecular weight is 325 g/mol. The van der Waals surface area contributed by atoms with Crippen molar-refractivity contribution in [1.29, 1.82) is 0 Å². The van der Waals surface area contributed by atoms with E-state index in [-0.39, 0.29) is 0 Å². The van der Waals surface area contributed by atoms with Crippen LogP contribution in [-0.4, -0.2) is 18.4 Å². The summed E-state index contributed by atoms with van der Waals surface area (Å²) in [7, 11) is 0.354. The summed E-state index contributed by atoms with van der Waals surface area (Å²) in [6.45, 7) is 0. The van der Waals surface area contributed by atoms with E-state index >= 15 is 0 Å². The van der Waals surface area contributed by atoms with Crippen molar-refractivity contribution in [3.8, 4) is 5.75 Å². The van der Waals surface area contributed by atoms with Crippen LogP contribution in [-0.2, 0) is 0 Å². The van der Waals surface area contributed by atoms with Gasteiger partial charge in [0.15, 0.2) is 0 Å². The number of benzene rings is 1. The minimum atomic E-state index is -1.40. The average Bonchev–Trinajstić information content (AvgIpc) is 3.23. The zero-order valence-corrected chi connectivity index (χ0v) is 14.6. The van der Waals surface area contributed by atoms with Crippen molar-refractivity contribution in [2.75, 3.05) is 7.11 Å². The molecule has 0 atom stereocenters. The second-order valence-electron chi connectivity index (χ2n) is 6.51. The van der Waals surface area contributed by atoms with Gasteiger partial charge in [0, 0.05) is 17.4 Å². The van der Waals surface area contributed by atoms with E-state index in [1.807, 2.05) is 0 Å². The Balaban J connectivity index is 2.04. The first-order valence-electron chi connectivity index (χ1n) is 8.28. The maximum absolute atomic E-state index is 6.60. The van der Waals surface area contributed by atoms with Crippen molar-refractivity contribution in [3.05, 3.63) is 29.9 Å². The second-order valence-corrected chi connectivity index (χ2v) is 10.9. The van der Waals surface area contributed by atoms with Crippen LogP contribution in [0, 0.1) is 5.62 Å². The molecule has 1 aromatic carbocycles. The highest BCUT2D eigenvalue weighted by atomic mass is 35.5. The van der Waals surface area contributed by atoms with Crippen LogP contribution in [0.25, 0.3) is 0 Å². The van der Waals surface area contributed by atoms with Crippen molar-refractivity contribution in [3.63, 3.8) is 0 Å². The van der Waals surface area contributed by atoms with Gasteiger partial charge in [0.2, 0.25) is 0 Å². The number of methoxy groups -OCH3 is 1. The SMILES string of the molecule is COc1cccc([P+]([CH-]Cl)(C2CCCC2)C2CCCC2)c1. The molecule has 0 unspecified atom stereocenters. The molecule has 0 aliphatic heterocycles. The molecule has 3 heteroatoms. The van der Waals surface area contributed by atoms with Crippen molar-refractivity contribution >= 4 is 24.2 Å². The van der Waals surface area contributed by atoms with E-state index in [2.05, 4.69) is 29.9 Å². The number of halogens is 1. The standard InChI is InChI=1S/C18H26ClOP/c1-20-15-7-6-12-18(13-15)21(14-19,16-8-2-3-9-16)17-10-4-5-11-17/h6-7,12-14,16-17H,2-5,8-11H2,1H3. The van der Waals surface area contributed by atoms with Crippen LogP contribution in [0.3, 0.4) is 0 Å². The Morgan fingerprint density at radius 2 is 1.62 bits per heavy atom. The molecule has 0 bridgehead atoms. The maximum atomic E-state index is 6.60. The Morgan fingerprint density at radius 1 is 1.05 bits per heavy atom. The molecular formula is C18H26ClOP. The Labute approximate surface area is 134 Å². The Hall–Kier alpha value is -0.260. The van der Waals surface area contributed by atoms with Gasteiger partial charge in [-0.2, -0.15) is 0 Å². The molecule has 0 radical (unpaired) electrons. The highest BCUT2D eigenvalue weighted by Crippen LogP contribution is 2.75. The van der Waals surface area contributed by atoms with Crippen LogP contribution >= 0.6 is 18.9 Å². The van der Waals surface area contributed by atoms with Gasteiger partial charge in [-0.1, -0.05) is 18.9 Å². The van der Waals surface area contributed by atoms with Gasteiger partial charge >= 0.3 is 0 Å². The van der Waals surface area contributed by atoms with Crippen LogP contribution < -0.4 is 10.0 Å². The predicted molar refractivity (Wildman–Crippen MR) is 94.2 cm³/mol. The zero-order valence-electron chi connectivity index (χ0n) is 12.9. The van der Waals surface area contributed by atoms with Crippen LogP contribution in [0.5, 0.6) is 5.75 Å². The maximum Gasteiger partial charge on any atom is 0.122 e. The molecule has 3 rings (SSSR count). The summed E-state index contributed by atoms with van der Waals surface area (Å²) in [6.07, 6.45) is 11.0. The Kier molecular flexibility index (Phi) is 5.12. The number of ether oxygens (including phenoxy) is 1. The van der Waals surface area contributed by atoms with Crippen LogP contribution in [0.4, 0.5) is 0 Å². The summed E-state index contributed by atoms with van der Waals surface area (Å²) in [6, 6.07) is 8.78. The smallest absolute Gasteiger partial charge is 0.122 e. The van der Waals surface area contributed by atoms with Crippen molar-refractivity contribution in [2.24, 2.45) is 0 Å². The lowest BCUT2D eigenvalue weighted by molar-refractivity contribution is 0.415. The lowest BCUT2D eigenvalue weighted by atomic mass is 10.3. The molecule has 21 heavy (non-hydrogen) atoms. The second kappa shape index (κ2) is 6.88. The van der Waals surface area contributed by atoms with E-state index < -0.39 is 7.26 Å². The Bertz CT molecular complexity index is 448. The van der Waals surface area contributed by atoms with E-state index in [0.29, 0.717) is 0 Å². The Morgan fingerprint density at radius 3 is 2.10 bits per heavy atom. The fourth-order valence-electron chi connectivity index (χ4n) is 4.45. The highest BCUT2D eigenvalue weighted by Gasteiger charge is 2.48. The topological polar surface area (TPSA) is 9.23 Å². The molecular weight excluding hydrogens is 299 g/mol. The summed E-state index contributed by atoms with van der Waals surface area (Å²) >= 11 is 6.60. The van der Waals surface area contributed by atoms with Crippen LogP contribution in [0.15, 0.2) is 24.3 Å². The van der Waals surface area contributed by atoms with E-state index in [9.17, 15) is 0 Å². The number of hydrogen-bond acceptors (Lipinski definition) is 1. The van der Waals surface area contributed by atoms with E-state index in [1.54, 1.807) is 7.11 Å². The molecule has 2 aliphatic rings. The molecule has 0 aromatic heterocycles. The van der Waals surface area contributed by atoms with E-state index in [1.165, 1.54) is 56.7 Å². The van der Waals surface area contributed by atoms with Gasteiger partial charge < -0.3 is 16.3 Å². The molecule has 0 spiro atoms. The van der Waals surface area contributed by atoms with Gasteiger partial charge in [0.05, 0.1) is 12.4 Å². The first-order chi connectivity index (χ1) is 10.3. The molecule has 2 fully saturated rings. The summed E-state index contributed by atoms with van der Waals surface area (Å²) in [4.78, 5) is 0. The summed E-state index contributed by atoms with van der Waals surface area (Å²) in [5.41, 5.74) is 3.75. The van der Waals surface area contributed by atoms with Crippen molar-refractivity contribution < 1.29 is 4.74 Å². The monoisotopic (exact) mass is 324 g/mol. The normalized spacial score (nSPS) is 21.0. The predicted octanol–water partition coefficient (Wildman–Crippen LogP) is 5.58. The molecule has 0 N–H and O–H groups in total. The molecule has 0 saturated heterocycles. The summed E-state index contributed by atoms with van der Waals surface area (Å²) in [5, 5.41) is 1.48. The number of rotatable bonds is 5. The van der Waals surface area contributed by atoms with Crippen LogP contribution in [0.1, 0.15) is 51.4 Å². The molecule has 1 aromatic rings. The zero-order chi connectivity index (χ0) is 14.7. The highest BCUT2D eigenvalue weighted by molar-refractivity contribution is 7.87. The summed E-state index contributed by atoms with van der Waals surface area (Å²) < 4.78 is 5.48. The molecule has 0 heterocycles. The lowest BCUT2D eigenvalue weighted by Gasteiger charge is -2.43. The van der Waals surface area contributed by atoms with Gasteiger partial charge in [-0.15, -0.1) is 0 Å². The molecule has 0 amide bonds. The first-order valence-corrected chi connectivity index (χ1v) is 10.7. The fraction of sp³-hybridized carbons (Fsp3) is 0.611. The minimum absolute atomic E-state index is 0.810. The molecule has 2 aliphatic carbocycles. The quantitative estimate of drug-likeness (QED) is 0.507. The molecule has 2 saturated carbocycles. The van der Waals surface area contributed by atoms with Gasteiger partial charge in [0.25, 0.3) is 0 Å². The van der Waals surface area contributed by atoms with E-state index in [0.717, 1.165) is 17.1 Å². The van der Waals surface area contributed by atoms with Crippen molar-refractivity contribution in [2.45, 2.75) is 62.7 Å². The minimum Gasteiger partial charge on any atom is -0.497 e. The van der Waals surface area contributed by atoms with Gasteiger partial charge in [-0.3, -0.25) is 0 Å². The molecule has 116 valence electrons. The van der Waals surface area contributed by atoms with Gasteiger partial charge in [0.1, 0.15) is 5.75 Å². The third kappa shape index (κ3) is 2.84. The number of hydrogen-bond donors (Lipinski definition) is 0. The van der Waals surface area contributed by atoms with Crippen LogP contribution in [0.2, 0.25) is 0 Å². The summed E-state index contributed by atoms with van der Waals surface area (Å²) in [5.74, 6) is 0.978. The van der Waals surface area contributed by atoms with Gasteiger partial charge in [-0.05, 0) is 63.5 Å². The fourth-order valence-corrected chi connectivity index (χ4v) is 10.7. The van der Waals surface area contributed by atoms with Crippen molar-refractivity contribution in [1.82, 2.24) is 0 Å². The van der Waals surface area contributed by atoms with E-state index in [4.69, 9.17) is 16.3 Å². The first kappa shape index (κ1) is 15.6. The molecule has 1 nitrogen and oxygen atoms in total.